The van der Waals surface area contributed by atoms with Gasteiger partial charge in [0.05, 0.1) is 18.3 Å². The Labute approximate surface area is 209 Å². The highest BCUT2D eigenvalue weighted by Gasteiger charge is 2.34. The Morgan fingerprint density at radius 2 is 1.83 bits per heavy atom. The molecule has 0 radical (unpaired) electrons. The van der Waals surface area contributed by atoms with Gasteiger partial charge in [-0.1, -0.05) is 42.0 Å². The zero-order chi connectivity index (χ0) is 25.3. The van der Waals surface area contributed by atoms with Crippen LogP contribution in [0.5, 0.6) is 0 Å². The third-order valence-electron chi connectivity index (χ3n) is 6.23. The van der Waals surface area contributed by atoms with Gasteiger partial charge in [-0.3, -0.25) is 9.69 Å². The van der Waals surface area contributed by atoms with Crippen LogP contribution in [0.2, 0.25) is 0 Å². The van der Waals surface area contributed by atoms with E-state index in [-0.39, 0.29) is 11.1 Å². The van der Waals surface area contributed by atoms with E-state index in [0.29, 0.717) is 24.5 Å². The number of aryl methyl sites for hydroxylation is 1. The van der Waals surface area contributed by atoms with Crippen LogP contribution in [-0.2, 0) is 18.6 Å². The van der Waals surface area contributed by atoms with Crippen LogP contribution >= 0.6 is 0 Å². The Hall–Kier alpha value is -4.04. The van der Waals surface area contributed by atoms with Gasteiger partial charge < -0.3 is 9.40 Å². The second-order valence-electron chi connectivity index (χ2n) is 10.1. The maximum Gasteiger partial charge on any atom is 0.253 e. The highest BCUT2D eigenvalue weighted by molar-refractivity contribution is 5.79. The van der Waals surface area contributed by atoms with E-state index in [1.165, 1.54) is 0 Å². The summed E-state index contributed by atoms with van der Waals surface area (Å²) in [5, 5.41) is 13.8. The lowest BCUT2D eigenvalue weighted by atomic mass is 10.00. The molecule has 0 aliphatic heterocycles. The fourth-order valence-electron chi connectivity index (χ4n) is 4.55. The summed E-state index contributed by atoms with van der Waals surface area (Å²) in [5.74, 6) is 1.39. The van der Waals surface area contributed by atoms with Crippen LogP contribution in [0.1, 0.15) is 55.1 Å². The molecule has 1 atom stereocenters. The highest BCUT2D eigenvalue weighted by Crippen LogP contribution is 2.32. The second-order valence-corrected chi connectivity index (χ2v) is 10.1. The minimum Gasteiger partial charge on any atom is -0.468 e. The summed E-state index contributed by atoms with van der Waals surface area (Å²) in [5.41, 5.74) is 3.04. The number of fused-ring (bicyclic) bond motifs is 1. The van der Waals surface area contributed by atoms with Crippen LogP contribution < -0.4 is 5.56 Å². The van der Waals surface area contributed by atoms with Gasteiger partial charge in [0.15, 0.2) is 5.82 Å². The number of nitrogens with zero attached hydrogens (tertiary/aromatic N) is 5. The van der Waals surface area contributed by atoms with Crippen molar-refractivity contribution >= 4 is 10.9 Å². The quantitative estimate of drug-likeness (QED) is 0.352. The first-order valence-electron chi connectivity index (χ1n) is 12.0. The number of aromatic amines is 1. The Kier molecular flexibility index (Phi) is 6.28. The average molecular weight is 483 g/mol. The molecular formula is C28H30N6O2. The molecule has 5 aromatic rings. The Morgan fingerprint density at radius 1 is 1.03 bits per heavy atom. The number of nitrogens with one attached hydrogen (secondary N) is 1. The number of H-pyrrole nitrogens is 1. The number of benzene rings is 2. The average Bonchev–Trinajstić information content (AvgIpc) is 3.53. The summed E-state index contributed by atoms with van der Waals surface area (Å²) < 4.78 is 7.54. The van der Waals surface area contributed by atoms with E-state index < -0.39 is 6.04 Å². The normalized spacial score (nSPS) is 12.9. The van der Waals surface area contributed by atoms with Gasteiger partial charge in [0.1, 0.15) is 11.8 Å². The molecule has 3 heterocycles. The minimum atomic E-state index is -0.529. The molecule has 2 aromatic carbocycles. The first kappa shape index (κ1) is 23.7. The largest absolute Gasteiger partial charge is 0.468 e. The van der Waals surface area contributed by atoms with E-state index in [4.69, 9.17) is 4.42 Å². The molecule has 3 aromatic heterocycles. The van der Waals surface area contributed by atoms with Crippen molar-refractivity contribution in [3.05, 3.63) is 112 Å². The van der Waals surface area contributed by atoms with Crippen molar-refractivity contribution in [1.82, 2.24) is 30.1 Å². The topological polar surface area (TPSA) is 92.8 Å². The number of tetrazole rings is 1. The maximum absolute atomic E-state index is 13.6. The first-order valence-corrected chi connectivity index (χ1v) is 12.0. The summed E-state index contributed by atoms with van der Waals surface area (Å²) in [6.45, 7) is 9.22. The SMILES string of the molecule is Cc1ccc2[nH]c(=O)c([C@@H](c3nnnn3C(C)(C)C)N(Cc3ccccc3)Cc3ccco3)cc2c1. The molecule has 184 valence electrons. The molecule has 8 nitrogen and oxygen atoms in total. The van der Waals surface area contributed by atoms with Crippen molar-refractivity contribution in [1.29, 1.82) is 0 Å². The van der Waals surface area contributed by atoms with Crippen molar-refractivity contribution in [2.24, 2.45) is 0 Å². The molecule has 0 aliphatic rings. The van der Waals surface area contributed by atoms with Crippen molar-refractivity contribution in [3.63, 3.8) is 0 Å². The fraction of sp³-hybridized carbons (Fsp3) is 0.286. The number of hydrogen-bond acceptors (Lipinski definition) is 6. The lowest BCUT2D eigenvalue weighted by Crippen LogP contribution is -2.37. The highest BCUT2D eigenvalue weighted by atomic mass is 16.3. The molecule has 0 saturated carbocycles. The van der Waals surface area contributed by atoms with E-state index in [9.17, 15) is 4.79 Å². The van der Waals surface area contributed by atoms with Crippen LogP contribution in [0.3, 0.4) is 0 Å². The van der Waals surface area contributed by atoms with E-state index in [2.05, 4.69) is 43.6 Å². The van der Waals surface area contributed by atoms with Crippen molar-refractivity contribution < 1.29 is 4.42 Å². The lowest BCUT2D eigenvalue weighted by Gasteiger charge is -2.32. The van der Waals surface area contributed by atoms with Gasteiger partial charge in [-0.25, -0.2) is 4.68 Å². The van der Waals surface area contributed by atoms with Crippen LogP contribution in [0, 0.1) is 6.92 Å². The number of furan rings is 1. The molecule has 0 aliphatic carbocycles. The zero-order valence-electron chi connectivity index (χ0n) is 21.0. The van der Waals surface area contributed by atoms with Gasteiger partial charge >= 0.3 is 0 Å². The molecule has 8 heteroatoms. The van der Waals surface area contributed by atoms with Crippen LogP contribution in [-0.4, -0.2) is 30.1 Å². The summed E-state index contributed by atoms with van der Waals surface area (Å²) in [6, 6.07) is 21.4. The molecule has 0 fully saturated rings. The standard InChI is InChI=1S/C28H30N6O2/c1-19-12-13-24-21(15-19)16-23(27(35)29-24)25(26-30-31-32-34(26)28(2,3)4)33(18-22-11-8-14-36-22)17-20-9-6-5-7-10-20/h5-16,25H,17-18H2,1-4H3,(H,29,35)/t25-/m0/s1. The number of hydrogen-bond donors (Lipinski definition) is 1. The van der Waals surface area contributed by atoms with Gasteiger partial charge in [0.2, 0.25) is 0 Å². The van der Waals surface area contributed by atoms with E-state index in [1.807, 2.05) is 76.2 Å². The molecule has 36 heavy (non-hydrogen) atoms. The molecule has 0 saturated heterocycles. The third kappa shape index (κ3) is 4.85. The molecule has 0 bridgehead atoms. The van der Waals surface area contributed by atoms with Crippen LogP contribution in [0.15, 0.2) is 82.2 Å². The molecule has 0 unspecified atom stereocenters. The number of aromatic nitrogens is 5. The van der Waals surface area contributed by atoms with E-state index in [1.54, 1.807) is 10.9 Å². The van der Waals surface area contributed by atoms with Gasteiger partial charge in [-0.2, -0.15) is 0 Å². The lowest BCUT2D eigenvalue weighted by molar-refractivity contribution is 0.171. The Bertz CT molecular complexity index is 1510. The molecule has 0 spiro atoms. The third-order valence-corrected chi connectivity index (χ3v) is 6.23. The number of rotatable bonds is 7. The predicted octanol–water partition coefficient (Wildman–Crippen LogP) is 4.96. The monoisotopic (exact) mass is 482 g/mol. The Balaban J connectivity index is 1.73. The van der Waals surface area contributed by atoms with Gasteiger partial charge in [-0.05, 0) is 79.4 Å². The second kappa shape index (κ2) is 9.54. The molecule has 5 rings (SSSR count). The van der Waals surface area contributed by atoms with E-state index >= 15 is 0 Å². The summed E-state index contributed by atoms with van der Waals surface area (Å²) >= 11 is 0. The molecule has 1 N–H and O–H groups in total. The summed E-state index contributed by atoms with van der Waals surface area (Å²) in [6.07, 6.45) is 1.66. The minimum absolute atomic E-state index is 0.169. The zero-order valence-corrected chi connectivity index (χ0v) is 21.0. The predicted molar refractivity (Wildman–Crippen MR) is 138 cm³/mol. The smallest absolute Gasteiger partial charge is 0.253 e. The Morgan fingerprint density at radius 3 is 2.56 bits per heavy atom. The summed E-state index contributed by atoms with van der Waals surface area (Å²) in [4.78, 5) is 18.9. The van der Waals surface area contributed by atoms with Crippen molar-refractivity contribution in [2.45, 2.75) is 52.4 Å². The fourth-order valence-corrected chi connectivity index (χ4v) is 4.55. The molecular weight excluding hydrogens is 452 g/mol. The van der Waals surface area contributed by atoms with Gasteiger partial charge in [0.25, 0.3) is 5.56 Å². The molecule has 0 amide bonds. The first-order chi connectivity index (χ1) is 17.3. The number of pyridine rings is 1. The van der Waals surface area contributed by atoms with Crippen LogP contribution in [0.25, 0.3) is 10.9 Å². The summed E-state index contributed by atoms with van der Waals surface area (Å²) in [7, 11) is 0. The van der Waals surface area contributed by atoms with Crippen molar-refractivity contribution in [3.8, 4) is 0 Å². The van der Waals surface area contributed by atoms with Gasteiger partial charge in [0, 0.05) is 17.6 Å². The van der Waals surface area contributed by atoms with Crippen molar-refractivity contribution in [2.75, 3.05) is 0 Å². The van der Waals surface area contributed by atoms with Crippen LogP contribution in [0.4, 0.5) is 0 Å². The maximum atomic E-state index is 13.6. The van der Waals surface area contributed by atoms with E-state index in [0.717, 1.165) is 27.8 Å². The van der Waals surface area contributed by atoms with Gasteiger partial charge in [-0.15, -0.1) is 5.10 Å².